The quantitative estimate of drug-likeness (QED) is 0.172. The second-order valence-corrected chi connectivity index (χ2v) is 21.0. The van der Waals surface area contributed by atoms with Gasteiger partial charge in [0.1, 0.15) is 0 Å². The molecule has 6 aliphatic carbocycles. The highest BCUT2D eigenvalue weighted by Gasteiger charge is 2.86. The Labute approximate surface area is 377 Å². The van der Waals surface area contributed by atoms with Crippen LogP contribution in [0.4, 0.5) is 35.1 Å². The van der Waals surface area contributed by atoms with E-state index < -0.39 is 122 Å². The number of Topliss-reactive ketones (excluding diaryl/α,β-unsaturated/α-hetero) is 2. The van der Waals surface area contributed by atoms with E-state index in [-0.39, 0.29) is 56.1 Å². The first-order valence-corrected chi connectivity index (χ1v) is 23.1. The maximum Gasteiger partial charge on any atom is 0.411 e. The summed E-state index contributed by atoms with van der Waals surface area (Å²) in [5.41, 5.74) is -4.92. The minimum Gasteiger partial charge on any atom is -0.477 e. The molecule has 2 aromatic carbocycles. The molecule has 10 aliphatic rings. The molecule has 2 aromatic rings. The summed E-state index contributed by atoms with van der Waals surface area (Å²) < 4.78 is 146. The van der Waals surface area contributed by atoms with Gasteiger partial charge in [-0.05, 0) is 105 Å². The first-order chi connectivity index (χ1) is 31.5. The fraction of sp³-hybridized carbons (Fsp3) is 0.660. The zero-order chi connectivity index (χ0) is 47.4. The number of piperidine rings is 2. The second-order valence-electron chi connectivity index (χ2n) is 21.0. The first-order valence-electron chi connectivity index (χ1n) is 23.1. The van der Waals surface area contributed by atoms with Gasteiger partial charge in [-0.15, -0.1) is 0 Å². The number of ether oxygens (including phenoxy) is 4. The van der Waals surface area contributed by atoms with Crippen LogP contribution in [0.1, 0.15) is 87.0 Å². The van der Waals surface area contributed by atoms with E-state index in [1.165, 1.54) is 12.1 Å². The summed E-state index contributed by atoms with van der Waals surface area (Å²) in [6, 6.07) is 3.38. The average Bonchev–Trinajstić information content (AvgIpc) is 4.20. The number of halogens is 8. The van der Waals surface area contributed by atoms with E-state index in [9.17, 15) is 29.4 Å². The van der Waals surface area contributed by atoms with Crippen LogP contribution in [-0.2, 0) is 42.8 Å². The molecule has 6 fully saturated rings. The van der Waals surface area contributed by atoms with Gasteiger partial charge in [-0.25, -0.2) is 9.59 Å². The van der Waals surface area contributed by atoms with Gasteiger partial charge in [0.25, 0.3) is 0 Å². The van der Waals surface area contributed by atoms with Crippen molar-refractivity contribution in [1.82, 2.24) is 9.80 Å². The molecule has 9 atom stereocenters. The van der Waals surface area contributed by atoms with Crippen LogP contribution < -0.4 is 18.9 Å². The largest absolute Gasteiger partial charge is 0.477 e. The summed E-state index contributed by atoms with van der Waals surface area (Å²) in [7, 11) is 0. The van der Waals surface area contributed by atoms with Crippen molar-refractivity contribution in [2.45, 2.75) is 148 Å². The molecule has 4 aliphatic heterocycles. The summed E-state index contributed by atoms with van der Waals surface area (Å²) >= 11 is 0. The van der Waals surface area contributed by atoms with Crippen LogP contribution in [0.25, 0.3) is 0 Å². The third kappa shape index (κ3) is 5.23. The zero-order valence-corrected chi connectivity index (χ0v) is 36.0. The number of aliphatic hydroxyl groups is 2. The smallest absolute Gasteiger partial charge is 0.411 e. The Morgan fingerprint density at radius 1 is 0.687 bits per heavy atom. The standard InChI is InChI=1S/C47H46F8N2O10/c1-21-18-57(20-23-4-5-23)31-17-25-7-9-29(35-33(25)43(21)37(67-35)27(59)11-13-42(31,43)63)65-39(61)45(50,51)47(54,55)46(52,53)44(48,49)38(60)64-28-8-6-24-16-30-41(62)12-10-26(58)36-40(41,32(24)34(28)66-36)14-15-56(30)19-22-2-3-22/h6-9,21-23,30-31,36-37,62-63H,2-5,10-20H2,1H3/t21-,30-,31-,36+,37+,40+,41-,42-,43+/m1/s1. The van der Waals surface area contributed by atoms with Crippen molar-refractivity contribution >= 4 is 23.5 Å². The average molecular weight is 951 g/mol. The predicted octanol–water partition coefficient (Wildman–Crippen LogP) is 5.25. The van der Waals surface area contributed by atoms with Gasteiger partial charge < -0.3 is 29.2 Å². The number of nitrogens with zero attached hydrogens (tertiary/aromatic N) is 2. The Morgan fingerprint density at radius 3 is 1.73 bits per heavy atom. The second kappa shape index (κ2) is 13.5. The Kier molecular flexibility index (Phi) is 8.81. The number of alkyl halides is 8. The molecule has 20 heteroatoms. The molecular formula is C47H46F8N2O10. The SMILES string of the molecule is C[C@@H]1CN(CC2CC2)[C@@H]2Cc3ccc(OC(=O)C(F)(F)C(F)(F)C(F)(F)C(F)(F)C(=O)Oc4ccc5c6c4O[C@H]4C(=O)CC[C@@]7(O)[C@@H](C5)N(CC5CC5)CC[C@]647)c4c3[C@]13[C@@H](O4)C(=O)CC[C@@]23O. The number of hydrogen-bond donors (Lipinski definition) is 2. The van der Waals surface area contributed by atoms with Crippen molar-refractivity contribution in [3.63, 3.8) is 0 Å². The molecule has 4 heterocycles. The van der Waals surface area contributed by atoms with Crippen LogP contribution in [0.2, 0.25) is 0 Å². The first kappa shape index (κ1) is 43.9. The van der Waals surface area contributed by atoms with Gasteiger partial charge >= 0.3 is 35.6 Å². The lowest BCUT2D eigenvalue weighted by atomic mass is 9.46. The molecule has 4 bridgehead atoms. The van der Waals surface area contributed by atoms with Crippen molar-refractivity contribution in [2.24, 2.45) is 17.8 Å². The minimum absolute atomic E-state index is 0.00547. The van der Waals surface area contributed by atoms with E-state index in [4.69, 9.17) is 9.47 Å². The molecule has 360 valence electrons. The summed E-state index contributed by atoms with van der Waals surface area (Å²) in [6.45, 7) is 3.95. The number of benzene rings is 2. The summed E-state index contributed by atoms with van der Waals surface area (Å²) in [5, 5.41) is 25.0. The molecule has 2 N–H and O–H groups in total. The number of carbonyl (C=O) groups excluding carboxylic acids is 4. The number of carbonyl (C=O) groups is 4. The number of likely N-dealkylation sites (tertiary alicyclic amines) is 2. The van der Waals surface area contributed by atoms with Crippen molar-refractivity contribution in [2.75, 3.05) is 26.2 Å². The van der Waals surface area contributed by atoms with Crippen LogP contribution in [0.5, 0.6) is 23.0 Å². The molecule has 0 radical (unpaired) electrons. The highest BCUT2D eigenvalue weighted by molar-refractivity contribution is 5.92. The lowest BCUT2D eigenvalue weighted by molar-refractivity contribution is -0.352. The van der Waals surface area contributed by atoms with Crippen molar-refractivity contribution in [3.05, 3.63) is 46.5 Å². The van der Waals surface area contributed by atoms with Crippen molar-refractivity contribution in [1.29, 1.82) is 0 Å². The Morgan fingerprint density at radius 2 is 1.16 bits per heavy atom. The molecule has 0 amide bonds. The molecule has 4 saturated carbocycles. The number of rotatable bonds is 11. The predicted molar refractivity (Wildman–Crippen MR) is 212 cm³/mol. The normalized spacial score (nSPS) is 36.2. The van der Waals surface area contributed by atoms with Crippen molar-refractivity contribution < 1.29 is 83.5 Å². The van der Waals surface area contributed by atoms with Gasteiger partial charge in [-0.1, -0.05) is 19.1 Å². The van der Waals surface area contributed by atoms with Gasteiger partial charge in [-0.2, -0.15) is 35.1 Å². The van der Waals surface area contributed by atoms with Crippen LogP contribution in [-0.4, -0.2) is 129 Å². The lowest BCUT2D eigenvalue weighted by Gasteiger charge is -2.65. The highest BCUT2D eigenvalue weighted by Crippen LogP contribution is 2.68. The third-order valence-corrected chi connectivity index (χ3v) is 17.6. The van der Waals surface area contributed by atoms with Gasteiger partial charge in [0.05, 0.1) is 22.0 Å². The van der Waals surface area contributed by atoms with Gasteiger partial charge in [0, 0.05) is 55.7 Å². The van der Waals surface area contributed by atoms with Gasteiger partial charge in [-0.3, -0.25) is 19.4 Å². The number of esters is 2. The van der Waals surface area contributed by atoms with Crippen molar-refractivity contribution in [3.8, 4) is 23.0 Å². The third-order valence-electron chi connectivity index (χ3n) is 17.6. The maximum atomic E-state index is 15.7. The summed E-state index contributed by atoms with van der Waals surface area (Å²) in [5.74, 6) is -38.7. The van der Waals surface area contributed by atoms with Crippen LogP contribution in [0.3, 0.4) is 0 Å². The molecule has 2 spiro atoms. The maximum absolute atomic E-state index is 15.7. The van der Waals surface area contributed by atoms with Gasteiger partial charge in [0.15, 0.2) is 46.8 Å². The van der Waals surface area contributed by atoms with Crippen LogP contribution >= 0.6 is 0 Å². The fourth-order valence-electron chi connectivity index (χ4n) is 14.1. The Bertz CT molecular complexity index is 2590. The van der Waals surface area contributed by atoms with E-state index in [1.54, 1.807) is 6.92 Å². The Balaban J connectivity index is 0.825. The molecule has 67 heavy (non-hydrogen) atoms. The van der Waals surface area contributed by atoms with E-state index in [1.807, 2.05) is 0 Å². The van der Waals surface area contributed by atoms with Crippen LogP contribution in [0, 0.1) is 17.8 Å². The number of hydrogen-bond acceptors (Lipinski definition) is 12. The van der Waals surface area contributed by atoms with E-state index >= 15 is 35.1 Å². The fourth-order valence-corrected chi connectivity index (χ4v) is 14.1. The highest BCUT2D eigenvalue weighted by atomic mass is 19.4. The van der Waals surface area contributed by atoms with Gasteiger partial charge in [0.2, 0.25) is 0 Å². The zero-order valence-electron chi connectivity index (χ0n) is 36.0. The van der Waals surface area contributed by atoms with E-state index in [2.05, 4.69) is 19.3 Å². The molecule has 12 rings (SSSR count). The molecular weight excluding hydrogens is 905 g/mol. The molecule has 2 saturated heterocycles. The molecule has 0 unspecified atom stereocenters. The monoisotopic (exact) mass is 950 g/mol. The minimum atomic E-state index is -7.34. The topological polar surface area (TPSA) is 152 Å². The van der Waals surface area contributed by atoms with Crippen LogP contribution in [0.15, 0.2) is 24.3 Å². The summed E-state index contributed by atoms with van der Waals surface area (Å²) in [4.78, 5) is 57.4. The number of ketones is 2. The summed E-state index contributed by atoms with van der Waals surface area (Å²) in [6.07, 6.45) is 1.53. The molecule has 0 aromatic heterocycles. The van der Waals surface area contributed by atoms with E-state index in [0.717, 1.165) is 37.8 Å². The Hall–Kier alpha value is -4.40. The van der Waals surface area contributed by atoms with E-state index in [0.29, 0.717) is 49.1 Å². The lowest BCUT2D eigenvalue weighted by Crippen LogP contribution is -2.79. The molecule has 12 nitrogen and oxygen atoms in total.